The Kier molecular flexibility index (Phi) is 5.76. The quantitative estimate of drug-likeness (QED) is 0.654. The van der Waals surface area contributed by atoms with E-state index in [1.165, 1.54) is 19.2 Å². The second kappa shape index (κ2) is 8.07. The molecule has 2 aromatic heterocycles. The molecule has 7 nitrogen and oxygen atoms in total. The molecule has 9 heteroatoms. The summed E-state index contributed by atoms with van der Waals surface area (Å²) in [7, 11) is -2.51. The van der Waals surface area contributed by atoms with E-state index in [2.05, 4.69) is 14.8 Å². The molecule has 0 saturated heterocycles. The summed E-state index contributed by atoms with van der Waals surface area (Å²) in [6.45, 7) is 3.94. The normalized spacial score (nSPS) is 11.6. The van der Waals surface area contributed by atoms with Crippen molar-refractivity contribution in [1.29, 1.82) is 0 Å². The zero-order chi connectivity index (χ0) is 20.3. The maximum absolute atomic E-state index is 13.8. The van der Waals surface area contributed by atoms with Gasteiger partial charge < -0.3 is 4.74 Å². The Morgan fingerprint density at radius 1 is 1.21 bits per heavy atom. The highest BCUT2D eigenvalue weighted by Gasteiger charge is 2.18. The fourth-order valence-corrected chi connectivity index (χ4v) is 3.99. The second-order valence-electron chi connectivity index (χ2n) is 6.19. The van der Waals surface area contributed by atoms with Crippen molar-refractivity contribution in [3.8, 4) is 11.6 Å². The van der Waals surface area contributed by atoms with Crippen LogP contribution in [0.25, 0.3) is 5.82 Å². The van der Waals surface area contributed by atoms with E-state index in [0.29, 0.717) is 12.2 Å². The van der Waals surface area contributed by atoms with Crippen LogP contribution < -0.4 is 9.46 Å². The number of nitrogens with zero attached hydrogens (tertiary/aromatic N) is 3. The fraction of sp³-hybridized carbons (Fsp3) is 0.263. The number of hydrogen-bond acceptors (Lipinski definition) is 5. The minimum atomic E-state index is -3.83. The van der Waals surface area contributed by atoms with Crippen LogP contribution in [0.3, 0.4) is 0 Å². The molecule has 0 amide bonds. The van der Waals surface area contributed by atoms with E-state index in [1.54, 1.807) is 10.9 Å². The molecule has 0 radical (unpaired) electrons. The van der Waals surface area contributed by atoms with Gasteiger partial charge in [-0.15, -0.1) is 0 Å². The maximum atomic E-state index is 13.8. The van der Waals surface area contributed by atoms with Crippen LogP contribution in [0.2, 0.25) is 0 Å². The number of aryl methyl sites for hydroxylation is 1. The van der Waals surface area contributed by atoms with Crippen molar-refractivity contribution < 1.29 is 17.5 Å². The van der Waals surface area contributed by atoms with Gasteiger partial charge in [0.05, 0.1) is 17.7 Å². The summed E-state index contributed by atoms with van der Waals surface area (Å²) in [4.78, 5) is 4.14. The lowest BCUT2D eigenvalue weighted by molar-refractivity contribution is 0.385. The monoisotopic (exact) mass is 404 g/mol. The number of pyridine rings is 1. The van der Waals surface area contributed by atoms with Gasteiger partial charge in [-0.25, -0.2) is 27.2 Å². The van der Waals surface area contributed by atoms with Crippen molar-refractivity contribution in [1.82, 2.24) is 19.5 Å². The van der Waals surface area contributed by atoms with Crippen LogP contribution in [-0.4, -0.2) is 36.8 Å². The first-order chi connectivity index (χ1) is 13.3. The molecule has 0 saturated carbocycles. The standard InChI is InChI=1S/C19H21FN4O3S/c1-13-16(14(2)24(23-13)19-6-4-5-10-21-19)9-11-22-28(25,26)15-7-8-18(27-3)17(20)12-15/h4-8,10,12,22H,9,11H2,1-3H3. The van der Waals surface area contributed by atoms with E-state index < -0.39 is 15.8 Å². The number of ether oxygens (including phenoxy) is 1. The number of sulfonamides is 1. The van der Waals surface area contributed by atoms with Crippen LogP contribution in [0, 0.1) is 19.7 Å². The van der Waals surface area contributed by atoms with Gasteiger partial charge in [-0.2, -0.15) is 5.10 Å². The first-order valence-corrected chi connectivity index (χ1v) is 10.1. The van der Waals surface area contributed by atoms with Gasteiger partial charge in [-0.3, -0.25) is 0 Å². The van der Waals surface area contributed by atoms with E-state index in [4.69, 9.17) is 4.74 Å². The molecular formula is C19H21FN4O3S. The van der Waals surface area contributed by atoms with Gasteiger partial charge in [0.2, 0.25) is 10.0 Å². The predicted octanol–water partition coefficient (Wildman–Crippen LogP) is 2.55. The van der Waals surface area contributed by atoms with E-state index in [1.807, 2.05) is 32.0 Å². The third-order valence-corrected chi connectivity index (χ3v) is 5.87. The summed E-state index contributed by atoms with van der Waals surface area (Å²) >= 11 is 0. The highest BCUT2D eigenvalue weighted by atomic mass is 32.2. The first kappa shape index (κ1) is 20.0. The first-order valence-electron chi connectivity index (χ1n) is 8.63. The van der Waals surface area contributed by atoms with Gasteiger partial charge in [0.25, 0.3) is 0 Å². The Bertz CT molecular complexity index is 1080. The summed E-state index contributed by atoms with van der Waals surface area (Å²) < 4.78 is 47.7. The zero-order valence-corrected chi connectivity index (χ0v) is 16.6. The number of hydrogen-bond donors (Lipinski definition) is 1. The molecule has 148 valence electrons. The molecule has 0 aliphatic rings. The highest BCUT2D eigenvalue weighted by Crippen LogP contribution is 2.21. The van der Waals surface area contributed by atoms with Gasteiger partial charge in [-0.1, -0.05) is 6.07 Å². The molecule has 0 fully saturated rings. The van der Waals surface area contributed by atoms with Crippen LogP contribution in [0.1, 0.15) is 17.0 Å². The molecule has 3 rings (SSSR count). The molecule has 2 heterocycles. The smallest absolute Gasteiger partial charge is 0.240 e. The minimum absolute atomic E-state index is 0.00728. The number of benzene rings is 1. The fourth-order valence-electron chi connectivity index (χ4n) is 2.95. The average molecular weight is 404 g/mol. The van der Waals surface area contributed by atoms with Crippen LogP contribution >= 0.6 is 0 Å². The summed E-state index contributed by atoms with van der Waals surface area (Å²) in [5.74, 6) is -0.0375. The van der Waals surface area contributed by atoms with Crippen molar-refractivity contribution in [3.05, 3.63) is 65.4 Å². The lowest BCUT2D eigenvalue weighted by Gasteiger charge is -2.09. The minimum Gasteiger partial charge on any atom is -0.494 e. The lowest BCUT2D eigenvalue weighted by atomic mass is 10.1. The average Bonchev–Trinajstić information content (AvgIpc) is 2.96. The number of nitrogens with one attached hydrogen (secondary N) is 1. The predicted molar refractivity (Wildman–Crippen MR) is 103 cm³/mol. The van der Waals surface area contributed by atoms with E-state index in [9.17, 15) is 12.8 Å². The molecule has 0 spiro atoms. The van der Waals surface area contributed by atoms with Crippen LogP contribution in [0.15, 0.2) is 47.5 Å². The largest absolute Gasteiger partial charge is 0.494 e. The Hall–Kier alpha value is -2.78. The number of aromatic nitrogens is 3. The van der Waals surface area contributed by atoms with Gasteiger partial charge in [0.1, 0.15) is 0 Å². The van der Waals surface area contributed by atoms with Gasteiger partial charge in [0.15, 0.2) is 17.4 Å². The van der Waals surface area contributed by atoms with Gasteiger partial charge in [0, 0.05) is 18.4 Å². The van der Waals surface area contributed by atoms with Crippen LogP contribution in [0.5, 0.6) is 5.75 Å². The molecule has 0 unspecified atom stereocenters. The Morgan fingerprint density at radius 2 is 2.00 bits per heavy atom. The Morgan fingerprint density at radius 3 is 2.64 bits per heavy atom. The molecule has 0 atom stereocenters. The summed E-state index contributed by atoms with van der Waals surface area (Å²) in [5.41, 5.74) is 2.64. The molecule has 1 aromatic carbocycles. The molecule has 1 N–H and O–H groups in total. The van der Waals surface area contributed by atoms with Gasteiger partial charge in [-0.05, 0) is 56.2 Å². The molecule has 0 aliphatic carbocycles. The third-order valence-electron chi connectivity index (χ3n) is 4.41. The van der Waals surface area contributed by atoms with Crippen LogP contribution in [0.4, 0.5) is 4.39 Å². The summed E-state index contributed by atoms with van der Waals surface area (Å²) in [6, 6.07) is 9.09. The van der Waals surface area contributed by atoms with E-state index in [-0.39, 0.29) is 17.2 Å². The molecule has 0 bridgehead atoms. The van der Waals surface area contributed by atoms with E-state index in [0.717, 1.165) is 23.0 Å². The van der Waals surface area contributed by atoms with Crippen molar-refractivity contribution in [2.75, 3.05) is 13.7 Å². The second-order valence-corrected chi connectivity index (χ2v) is 7.96. The third kappa shape index (κ3) is 4.05. The summed E-state index contributed by atoms with van der Waals surface area (Å²) in [6.07, 6.45) is 2.13. The molecular weight excluding hydrogens is 383 g/mol. The van der Waals surface area contributed by atoms with Gasteiger partial charge >= 0.3 is 0 Å². The Labute approximate surface area is 163 Å². The highest BCUT2D eigenvalue weighted by molar-refractivity contribution is 7.89. The molecule has 0 aliphatic heterocycles. The van der Waals surface area contributed by atoms with Crippen molar-refractivity contribution in [3.63, 3.8) is 0 Å². The zero-order valence-electron chi connectivity index (χ0n) is 15.8. The van der Waals surface area contributed by atoms with Crippen molar-refractivity contribution >= 4 is 10.0 Å². The molecule has 3 aromatic rings. The lowest BCUT2D eigenvalue weighted by Crippen LogP contribution is -2.26. The SMILES string of the molecule is COc1ccc(S(=O)(=O)NCCc2c(C)nn(-c3ccccn3)c2C)cc1F. The maximum Gasteiger partial charge on any atom is 0.240 e. The number of halogens is 1. The summed E-state index contributed by atoms with van der Waals surface area (Å²) in [5, 5.41) is 4.50. The van der Waals surface area contributed by atoms with Crippen molar-refractivity contribution in [2.24, 2.45) is 0 Å². The molecule has 28 heavy (non-hydrogen) atoms. The number of rotatable bonds is 7. The van der Waals surface area contributed by atoms with Crippen LogP contribution in [-0.2, 0) is 16.4 Å². The Balaban J connectivity index is 1.73. The van der Waals surface area contributed by atoms with Crippen molar-refractivity contribution in [2.45, 2.75) is 25.2 Å². The number of methoxy groups -OCH3 is 1. The topological polar surface area (TPSA) is 86.1 Å². The van der Waals surface area contributed by atoms with E-state index >= 15 is 0 Å².